The highest BCUT2D eigenvalue weighted by Gasteiger charge is 2.25. The maximum absolute atomic E-state index is 12.1. The fourth-order valence-electron chi connectivity index (χ4n) is 3.02. The fourth-order valence-corrected chi connectivity index (χ4v) is 4.50. The lowest BCUT2D eigenvalue weighted by molar-refractivity contribution is 0.413. The van der Waals surface area contributed by atoms with Crippen molar-refractivity contribution in [3.05, 3.63) is 34.9 Å². The van der Waals surface area contributed by atoms with Crippen molar-refractivity contribution >= 4 is 52.3 Å². The van der Waals surface area contributed by atoms with Crippen LogP contribution in [0.25, 0.3) is 0 Å². The van der Waals surface area contributed by atoms with Gasteiger partial charge in [-0.1, -0.05) is 37.1 Å². The average molecular weight is 498 g/mol. The molecule has 3 atom stereocenters. The molecule has 1 aliphatic carbocycles. The SMILES string of the molecule is CCNC(=NCc1ccc(Cl)cc1)NC1CCCC(S(=O)CC)C1.I. The molecule has 1 saturated carbocycles. The molecular formula is C18H29ClIN3OS. The molecule has 0 heterocycles. The maximum Gasteiger partial charge on any atom is 0.191 e. The molecule has 7 heteroatoms. The Labute approximate surface area is 176 Å². The van der Waals surface area contributed by atoms with Crippen LogP contribution in [0.1, 0.15) is 45.1 Å². The number of halogens is 2. The van der Waals surface area contributed by atoms with Crippen molar-refractivity contribution in [1.82, 2.24) is 10.6 Å². The van der Waals surface area contributed by atoms with Gasteiger partial charge in [0.1, 0.15) is 0 Å². The second-order valence-electron chi connectivity index (χ2n) is 6.12. The molecule has 0 bridgehead atoms. The maximum atomic E-state index is 12.1. The third-order valence-electron chi connectivity index (χ3n) is 4.30. The van der Waals surface area contributed by atoms with Crippen LogP contribution in [-0.4, -0.2) is 33.8 Å². The van der Waals surface area contributed by atoms with Gasteiger partial charge in [-0.15, -0.1) is 24.0 Å². The number of hydrogen-bond donors (Lipinski definition) is 2. The topological polar surface area (TPSA) is 53.5 Å². The van der Waals surface area contributed by atoms with Gasteiger partial charge in [-0.05, 0) is 43.9 Å². The molecule has 2 N–H and O–H groups in total. The van der Waals surface area contributed by atoms with E-state index >= 15 is 0 Å². The van der Waals surface area contributed by atoms with E-state index in [4.69, 9.17) is 11.6 Å². The summed E-state index contributed by atoms with van der Waals surface area (Å²) in [6, 6.07) is 8.12. The molecule has 1 fully saturated rings. The van der Waals surface area contributed by atoms with Crippen LogP contribution < -0.4 is 10.6 Å². The van der Waals surface area contributed by atoms with Gasteiger partial charge in [-0.2, -0.15) is 0 Å². The molecule has 1 aromatic rings. The first-order valence-corrected chi connectivity index (χ1v) is 10.5. The van der Waals surface area contributed by atoms with Gasteiger partial charge >= 0.3 is 0 Å². The molecule has 142 valence electrons. The highest BCUT2D eigenvalue weighted by atomic mass is 127. The largest absolute Gasteiger partial charge is 0.357 e. The van der Waals surface area contributed by atoms with E-state index in [0.717, 1.165) is 54.5 Å². The van der Waals surface area contributed by atoms with E-state index < -0.39 is 10.8 Å². The summed E-state index contributed by atoms with van der Waals surface area (Å²) in [6.07, 6.45) is 4.29. The number of nitrogens with one attached hydrogen (secondary N) is 2. The van der Waals surface area contributed by atoms with E-state index in [9.17, 15) is 4.21 Å². The minimum Gasteiger partial charge on any atom is -0.357 e. The van der Waals surface area contributed by atoms with E-state index in [1.165, 1.54) is 0 Å². The van der Waals surface area contributed by atoms with Gasteiger partial charge in [-0.25, -0.2) is 4.99 Å². The number of guanidine groups is 1. The van der Waals surface area contributed by atoms with Gasteiger partial charge < -0.3 is 10.6 Å². The molecule has 0 aromatic heterocycles. The molecule has 25 heavy (non-hydrogen) atoms. The zero-order valence-corrected chi connectivity index (χ0v) is 18.9. The summed E-state index contributed by atoms with van der Waals surface area (Å²) in [5.74, 6) is 1.59. The quantitative estimate of drug-likeness (QED) is 0.354. The van der Waals surface area contributed by atoms with Gasteiger partial charge in [0.05, 0.1) is 6.54 Å². The molecule has 3 unspecified atom stereocenters. The normalized spacial score (nSPS) is 22.0. The highest BCUT2D eigenvalue weighted by molar-refractivity contribution is 14.0. The molecule has 2 rings (SSSR count). The monoisotopic (exact) mass is 497 g/mol. The Kier molecular flexibility index (Phi) is 11.0. The zero-order chi connectivity index (χ0) is 17.4. The fraction of sp³-hybridized carbons (Fsp3) is 0.611. The Morgan fingerprint density at radius 1 is 1.28 bits per heavy atom. The molecule has 0 aliphatic heterocycles. The minimum absolute atomic E-state index is 0. The molecule has 4 nitrogen and oxygen atoms in total. The zero-order valence-electron chi connectivity index (χ0n) is 15.0. The third-order valence-corrected chi connectivity index (χ3v) is 6.29. The molecule has 0 radical (unpaired) electrons. The van der Waals surface area contributed by atoms with Crippen LogP contribution in [0.15, 0.2) is 29.3 Å². The molecule has 0 amide bonds. The lowest BCUT2D eigenvalue weighted by atomic mass is 9.95. The van der Waals surface area contributed by atoms with Gasteiger partial charge in [0.25, 0.3) is 0 Å². The molecular weight excluding hydrogens is 469 g/mol. The van der Waals surface area contributed by atoms with Gasteiger partial charge in [0.2, 0.25) is 0 Å². The highest BCUT2D eigenvalue weighted by Crippen LogP contribution is 2.23. The van der Waals surface area contributed by atoms with Gasteiger partial charge in [-0.3, -0.25) is 4.21 Å². The Hall–Kier alpha value is -0.340. The second-order valence-corrected chi connectivity index (χ2v) is 8.56. The van der Waals surface area contributed by atoms with E-state index in [1.807, 2.05) is 31.2 Å². The van der Waals surface area contributed by atoms with Crippen molar-refractivity contribution in [2.24, 2.45) is 4.99 Å². The number of rotatable bonds is 6. The summed E-state index contributed by atoms with van der Waals surface area (Å²) in [5, 5.41) is 7.89. The number of hydrogen-bond acceptors (Lipinski definition) is 2. The number of benzene rings is 1. The summed E-state index contributed by atoms with van der Waals surface area (Å²) < 4.78 is 12.1. The number of nitrogens with zero attached hydrogens (tertiary/aromatic N) is 1. The predicted molar refractivity (Wildman–Crippen MR) is 120 cm³/mol. The van der Waals surface area contributed by atoms with Crippen LogP contribution in [-0.2, 0) is 17.3 Å². The Morgan fingerprint density at radius 3 is 2.64 bits per heavy atom. The standard InChI is InChI=1S/C18H28ClN3OS.HI/c1-3-20-18(21-13-14-8-10-15(19)11-9-14)22-16-6-5-7-17(12-16)24(23)4-2;/h8-11,16-17H,3-7,12-13H2,1-2H3,(H2,20,21,22);1H. The lowest BCUT2D eigenvalue weighted by Crippen LogP contribution is -2.46. The Balaban J connectivity index is 0.00000312. The van der Waals surface area contributed by atoms with Crippen LogP contribution in [0.2, 0.25) is 5.02 Å². The molecule has 0 spiro atoms. The van der Waals surface area contributed by atoms with E-state index in [0.29, 0.717) is 17.8 Å². The number of aliphatic imine (C=N–C) groups is 1. The van der Waals surface area contributed by atoms with E-state index in [-0.39, 0.29) is 24.0 Å². The van der Waals surface area contributed by atoms with Crippen molar-refractivity contribution in [3.8, 4) is 0 Å². The van der Waals surface area contributed by atoms with E-state index in [1.54, 1.807) is 0 Å². The Bertz CT molecular complexity index is 568. The summed E-state index contributed by atoms with van der Waals surface area (Å²) in [4.78, 5) is 4.67. The Morgan fingerprint density at radius 2 is 2.00 bits per heavy atom. The van der Waals surface area contributed by atoms with Crippen molar-refractivity contribution in [3.63, 3.8) is 0 Å². The average Bonchev–Trinajstić information content (AvgIpc) is 2.61. The third kappa shape index (κ3) is 7.83. The van der Waals surface area contributed by atoms with Crippen molar-refractivity contribution in [2.75, 3.05) is 12.3 Å². The molecule has 1 aromatic carbocycles. The first-order valence-electron chi connectivity index (χ1n) is 8.78. The molecule has 0 saturated heterocycles. The van der Waals surface area contributed by atoms with Crippen molar-refractivity contribution in [2.45, 2.75) is 57.4 Å². The van der Waals surface area contributed by atoms with E-state index in [2.05, 4.69) is 22.5 Å². The van der Waals surface area contributed by atoms with Gasteiger partial charge in [0.15, 0.2) is 5.96 Å². The van der Waals surface area contributed by atoms with Gasteiger partial charge in [0, 0.05) is 39.4 Å². The summed E-state index contributed by atoms with van der Waals surface area (Å²) in [6.45, 7) is 5.51. The van der Waals surface area contributed by atoms with Crippen LogP contribution >= 0.6 is 35.6 Å². The lowest BCUT2D eigenvalue weighted by Gasteiger charge is -2.30. The second kappa shape index (κ2) is 12.1. The van der Waals surface area contributed by atoms with Crippen LogP contribution in [0.4, 0.5) is 0 Å². The minimum atomic E-state index is -0.701. The summed E-state index contributed by atoms with van der Waals surface area (Å²) >= 11 is 5.92. The van der Waals surface area contributed by atoms with Crippen LogP contribution in [0.3, 0.4) is 0 Å². The first kappa shape index (κ1) is 22.7. The predicted octanol–water partition coefficient (Wildman–Crippen LogP) is 4.09. The van der Waals surface area contributed by atoms with Crippen LogP contribution in [0.5, 0.6) is 0 Å². The van der Waals surface area contributed by atoms with Crippen LogP contribution in [0, 0.1) is 0 Å². The first-order chi connectivity index (χ1) is 11.6. The molecule has 1 aliphatic rings. The smallest absolute Gasteiger partial charge is 0.191 e. The van der Waals surface area contributed by atoms with Crippen molar-refractivity contribution < 1.29 is 4.21 Å². The summed E-state index contributed by atoms with van der Waals surface area (Å²) in [7, 11) is -0.701. The summed E-state index contributed by atoms with van der Waals surface area (Å²) in [5.41, 5.74) is 1.13. The van der Waals surface area contributed by atoms with Crippen molar-refractivity contribution in [1.29, 1.82) is 0 Å².